The maximum absolute atomic E-state index is 11.4. The molecular formula is C16H25NO2S. The van der Waals surface area contributed by atoms with Crippen LogP contribution >= 0.6 is 11.8 Å². The Labute approximate surface area is 126 Å². The van der Waals surface area contributed by atoms with Crippen LogP contribution in [-0.2, 0) is 4.79 Å². The van der Waals surface area contributed by atoms with Crippen LogP contribution in [0.5, 0.6) is 0 Å². The summed E-state index contributed by atoms with van der Waals surface area (Å²) in [6.07, 6.45) is 0.591. The van der Waals surface area contributed by atoms with E-state index < -0.39 is 11.5 Å². The number of aryl methyl sites for hydroxylation is 2. The van der Waals surface area contributed by atoms with E-state index in [2.05, 4.69) is 44.3 Å². The summed E-state index contributed by atoms with van der Waals surface area (Å²) in [5.41, 5.74) is 1.64. The molecule has 0 spiro atoms. The smallest absolute Gasteiger partial charge is 0.323 e. The third-order valence-corrected chi connectivity index (χ3v) is 4.67. The van der Waals surface area contributed by atoms with Crippen molar-refractivity contribution in [1.82, 2.24) is 5.32 Å². The average Bonchev–Trinajstić information content (AvgIpc) is 2.32. The molecule has 0 aliphatic carbocycles. The lowest BCUT2D eigenvalue weighted by atomic mass is 9.96. The number of hydrogen-bond donors (Lipinski definition) is 2. The minimum Gasteiger partial charge on any atom is -0.480 e. The molecule has 20 heavy (non-hydrogen) atoms. The van der Waals surface area contributed by atoms with E-state index in [9.17, 15) is 9.90 Å². The highest BCUT2D eigenvalue weighted by Gasteiger charge is 2.33. The van der Waals surface area contributed by atoms with Crippen LogP contribution in [-0.4, -0.2) is 28.4 Å². The van der Waals surface area contributed by atoms with Crippen molar-refractivity contribution in [3.63, 3.8) is 0 Å². The average molecular weight is 295 g/mol. The zero-order valence-electron chi connectivity index (χ0n) is 13.0. The molecule has 112 valence electrons. The lowest BCUT2D eigenvalue weighted by Crippen LogP contribution is -2.50. The number of carboxylic acid groups (broad SMARTS) is 1. The van der Waals surface area contributed by atoms with Gasteiger partial charge in [0.1, 0.15) is 5.54 Å². The number of carboxylic acids is 1. The second-order valence-electron chi connectivity index (χ2n) is 5.57. The first-order chi connectivity index (χ1) is 9.28. The Morgan fingerprint density at radius 2 is 2.10 bits per heavy atom. The highest BCUT2D eigenvalue weighted by atomic mass is 32.2. The lowest BCUT2D eigenvalue weighted by Gasteiger charge is -2.28. The van der Waals surface area contributed by atoms with Gasteiger partial charge in [-0.3, -0.25) is 4.79 Å². The van der Waals surface area contributed by atoms with E-state index in [0.717, 1.165) is 0 Å². The first-order valence-corrected chi connectivity index (χ1v) is 7.89. The van der Waals surface area contributed by atoms with Gasteiger partial charge in [-0.05, 0) is 45.4 Å². The highest BCUT2D eigenvalue weighted by Crippen LogP contribution is 2.31. The number of aliphatic carboxylic acids is 1. The molecule has 3 nitrogen and oxygen atoms in total. The van der Waals surface area contributed by atoms with Crippen molar-refractivity contribution in [2.75, 3.05) is 6.54 Å². The Balaban J connectivity index is 2.75. The van der Waals surface area contributed by atoms with Crippen molar-refractivity contribution in [3.8, 4) is 0 Å². The van der Waals surface area contributed by atoms with Gasteiger partial charge in [0.2, 0.25) is 0 Å². The summed E-state index contributed by atoms with van der Waals surface area (Å²) in [5, 5.41) is 12.7. The maximum atomic E-state index is 11.4. The lowest BCUT2D eigenvalue weighted by molar-refractivity contribution is -0.144. The van der Waals surface area contributed by atoms with E-state index >= 15 is 0 Å². The Kier molecular flexibility index (Phi) is 6.08. The van der Waals surface area contributed by atoms with Gasteiger partial charge >= 0.3 is 5.97 Å². The number of carbonyl (C=O) groups is 1. The van der Waals surface area contributed by atoms with Crippen LogP contribution in [0.1, 0.15) is 38.3 Å². The van der Waals surface area contributed by atoms with Crippen LogP contribution in [0.4, 0.5) is 0 Å². The number of rotatable bonds is 7. The number of benzene rings is 1. The van der Waals surface area contributed by atoms with E-state index in [1.165, 1.54) is 16.0 Å². The first-order valence-electron chi connectivity index (χ1n) is 7.01. The Bertz CT molecular complexity index is 476. The summed E-state index contributed by atoms with van der Waals surface area (Å²) in [6.45, 7) is 10.6. The van der Waals surface area contributed by atoms with Crippen LogP contribution in [0.25, 0.3) is 0 Å². The topological polar surface area (TPSA) is 49.3 Å². The second kappa shape index (κ2) is 7.14. The van der Waals surface area contributed by atoms with Gasteiger partial charge in [-0.1, -0.05) is 31.5 Å². The normalized spacial score (nSPS) is 15.7. The van der Waals surface area contributed by atoms with Crippen molar-refractivity contribution in [1.29, 1.82) is 0 Å². The molecule has 2 unspecified atom stereocenters. The van der Waals surface area contributed by atoms with Crippen LogP contribution in [0.15, 0.2) is 23.1 Å². The Morgan fingerprint density at radius 3 is 2.60 bits per heavy atom. The van der Waals surface area contributed by atoms with Crippen molar-refractivity contribution >= 4 is 17.7 Å². The molecule has 0 saturated carbocycles. The summed E-state index contributed by atoms with van der Waals surface area (Å²) in [7, 11) is 0. The molecule has 4 heteroatoms. The molecule has 0 aliphatic heterocycles. The Morgan fingerprint density at radius 1 is 1.45 bits per heavy atom. The van der Waals surface area contributed by atoms with Crippen molar-refractivity contribution in [3.05, 3.63) is 29.3 Å². The molecule has 0 aromatic heterocycles. The Hall–Kier alpha value is -1.00. The van der Waals surface area contributed by atoms with E-state index in [-0.39, 0.29) is 5.25 Å². The fraction of sp³-hybridized carbons (Fsp3) is 0.562. The van der Waals surface area contributed by atoms with Crippen LogP contribution in [0.3, 0.4) is 0 Å². The van der Waals surface area contributed by atoms with Gasteiger partial charge < -0.3 is 10.4 Å². The van der Waals surface area contributed by atoms with Crippen molar-refractivity contribution in [2.45, 2.75) is 56.7 Å². The molecule has 0 radical (unpaired) electrons. The second-order valence-corrected chi connectivity index (χ2v) is 7.05. The van der Waals surface area contributed by atoms with Gasteiger partial charge in [0.05, 0.1) is 0 Å². The molecule has 0 saturated heterocycles. The molecule has 0 amide bonds. The largest absolute Gasteiger partial charge is 0.480 e. The minimum absolute atomic E-state index is 0.233. The molecule has 0 heterocycles. The van der Waals surface area contributed by atoms with Gasteiger partial charge in [-0.15, -0.1) is 11.8 Å². The van der Waals surface area contributed by atoms with E-state index in [4.69, 9.17) is 0 Å². The summed E-state index contributed by atoms with van der Waals surface area (Å²) < 4.78 is 0. The highest BCUT2D eigenvalue weighted by molar-refractivity contribution is 8.00. The standard InChI is InChI=1S/C16H25NO2S/c1-6-17-16(5,15(18)19)10-13(4)20-14-8-7-11(2)9-12(14)3/h7-9,13,17H,6,10H2,1-5H3,(H,18,19). The molecule has 2 atom stereocenters. The third-order valence-electron chi connectivity index (χ3n) is 3.39. The van der Waals surface area contributed by atoms with Gasteiger partial charge in [0.25, 0.3) is 0 Å². The molecule has 0 fully saturated rings. The molecule has 0 bridgehead atoms. The van der Waals surface area contributed by atoms with Crippen molar-refractivity contribution < 1.29 is 9.90 Å². The maximum Gasteiger partial charge on any atom is 0.323 e. The minimum atomic E-state index is -0.861. The number of nitrogens with one attached hydrogen (secondary N) is 1. The van der Waals surface area contributed by atoms with Crippen LogP contribution in [0, 0.1) is 13.8 Å². The number of hydrogen-bond acceptors (Lipinski definition) is 3. The molecule has 1 rings (SSSR count). The fourth-order valence-corrected chi connectivity index (χ4v) is 3.63. The summed E-state index contributed by atoms with van der Waals surface area (Å²) in [6, 6.07) is 6.38. The van der Waals surface area contributed by atoms with Gasteiger partial charge in [0.15, 0.2) is 0 Å². The van der Waals surface area contributed by atoms with Crippen LogP contribution < -0.4 is 5.32 Å². The monoisotopic (exact) mass is 295 g/mol. The molecule has 1 aromatic carbocycles. The van der Waals surface area contributed by atoms with E-state index in [1.54, 1.807) is 18.7 Å². The molecule has 2 N–H and O–H groups in total. The summed E-state index contributed by atoms with van der Waals surface area (Å²) >= 11 is 1.75. The number of thioether (sulfide) groups is 1. The van der Waals surface area contributed by atoms with E-state index in [0.29, 0.717) is 13.0 Å². The fourth-order valence-electron chi connectivity index (χ4n) is 2.39. The molecular weight excluding hydrogens is 270 g/mol. The quantitative estimate of drug-likeness (QED) is 0.754. The zero-order valence-corrected chi connectivity index (χ0v) is 13.8. The predicted octanol–water partition coefficient (Wildman–Crippen LogP) is 3.63. The zero-order chi connectivity index (χ0) is 15.3. The van der Waals surface area contributed by atoms with Crippen LogP contribution in [0.2, 0.25) is 0 Å². The molecule has 1 aromatic rings. The predicted molar refractivity (Wildman–Crippen MR) is 85.6 cm³/mol. The first kappa shape index (κ1) is 17.1. The van der Waals surface area contributed by atoms with Gasteiger partial charge in [-0.25, -0.2) is 0 Å². The third kappa shape index (κ3) is 4.53. The van der Waals surface area contributed by atoms with Gasteiger partial charge in [-0.2, -0.15) is 0 Å². The summed E-state index contributed by atoms with van der Waals surface area (Å²) in [4.78, 5) is 12.7. The molecule has 0 aliphatic rings. The summed E-state index contributed by atoms with van der Waals surface area (Å²) in [5.74, 6) is -0.785. The van der Waals surface area contributed by atoms with Gasteiger partial charge in [0, 0.05) is 10.1 Å². The van der Waals surface area contributed by atoms with Crippen molar-refractivity contribution in [2.24, 2.45) is 0 Å². The number of likely N-dealkylation sites (N-methyl/N-ethyl adjacent to an activating group) is 1. The van der Waals surface area contributed by atoms with E-state index in [1.807, 2.05) is 6.92 Å². The SMILES string of the molecule is CCNC(C)(CC(C)Sc1ccc(C)cc1C)C(=O)O.